The molecule has 0 aliphatic carbocycles. The molecule has 1 amide bonds. The van der Waals surface area contributed by atoms with Crippen LogP contribution in [0.25, 0.3) is 0 Å². The van der Waals surface area contributed by atoms with Gasteiger partial charge in [-0.05, 0) is 49.4 Å². The van der Waals surface area contributed by atoms with Crippen molar-refractivity contribution < 1.29 is 32.6 Å². The number of hydrogen-bond acceptors (Lipinski definition) is 5. The van der Waals surface area contributed by atoms with E-state index in [2.05, 4.69) is 10.1 Å². The van der Waals surface area contributed by atoms with E-state index >= 15 is 0 Å². The Morgan fingerprint density at radius 3 is 2.44 bits per heavy atom. The molecule has 0 saturated carbocycles. The summed E-state index contributed by atoms with van der Waals surface area (Å²) in [5, 5.41) is 2.45. The molecule has 0 heterocycles. The van der Waals surface area contributed by atoms with E-state index < -0.39 is 18.5 Å². The highest BCUT2D eigenvalue weighted by atomic mass is 35.5. The molecule has 1 N–H and O–H groups in total. The Morgan fingerprint density at radius 1 is 1.15 bits per heavy atom. The zero-order valence-electron chi connectivity index (χ0n) is 14.2. The number of halogens is 3. The molecule has 0 spiro atoms. The highest BCUT2D eigenvalue weighted by molar-refractivity contribution is 6.32. The number of hydrogen-bond donors (Lipinski definition) is 1. The Bertz CT molecular complexity index is 799. The van der Waals surface area contributed by atoms with Gasteiger partial charge in [0.25, 0.3) is 5.91 Å². The lowest BCUT2D eigenvalue weighted by Crippen LogP contribution is -2.20. The Morgan fingerprint density at radius 2 is 1.85 bits per heavy atom. The van der Waals surface area contributed by atoms with Gasteiger partial charge in [0.2, 0.25) is 0 Å². The monoisotopic (exact) mass is 399 g/mol. The van der Waals surface area contributed by atoms with E-state index in [1.165, 1.54) is 42.5 Å². The number of carbonyl (C=O) groups is 2. The molecule has 0 atom stereocenters. The molecule has 0 aromatic heterocycles. The molecule has 6 nitrogen and oxygen atoms in total. The fraction of sp³-hybridized carbons (Fsp3) is 0.222. The minimum absolute atomic E-state index is 0.0661. The number of amides is 1. The van der Waals surface area contributed by atoms with Gasteiger partial charge >= 0.3 is 12.6 Å². The van der Waals surface area contributed by atoms with E-state index in [1.807, 2.05) is 0 Å². The molecular formula is C18H16ClF2NO5. The number of anilines is 1. The number of benzene rings is 2. The summed E-state index contributed by atoms with van der Waals surface area (Å²) >= 11 is 5.81. The van der Waals surface area contributed by atoms with E-state index in [0.717, 1.165) is 0 Å². The molecule has 0 unspecified atom stereocenters. The maximum atomic E-state index is 12.2. The summed E-state index contributed by atoms with van der Waals surface area (Å²) in [5.41, 5.74) is 0.669. The molecule has 0 saturated heterocycles. The van der Waals surface area contributed by atoms with Gasteiger partial charge in [-0.3, -0.25) is 4.79 Å². The number of esters is 1. The van der Waals surface area contributed by atoms with Crippen LogP contribution in [0.15, 0.2) is 42.5 Å². The van der Waals surface area contributed by atoms with Crippen LogP contribution in [0.2, 0.25) is 5.02 Å². The Hall–Kier alpha value is -2.87. The average Bonchev–Trinajstić information content (AvgIpc) is 2.62. The highest BCUT2D eigenvalue weighted by Crippen LogP contribution is 2.28. The number of alkyl halides is 2. The van der Waals surface area contributed by atoms with Gasteiger partial charge in [0.15, 0.2) is 6.61 Å². The fourth-order valence-corrected chi connectivity index (χ4v) is 2.24. The molecule has 0 bridgehead atoms. The van der Waals surface area contributed by atoms with Crippen molar-refractivity contribution in [3.63, 3.8) is 0 Å². The summed E-state index contributed by atoms with van der Waals surface area (Å²) in [5.74, 6) is -0.736. The van der Waals surface area contributed by atoms with Crippen LogP contribution >= 0.6 is 11.6 Å². The molecule has 0 aliphatic heterocycles. The Balaban J connectivity index is 1.87. The average molecular weight is 400 g/mol. The number of nitrogens with one attached hydrogen (secondary N) is 1. The maximum Gasteiger partial charge on any atom is 0.387 e. The zero-order valence-corrected chi connectivity index (χ0v) is 15.0. The lowest BCUT2D eigenvalue weighted by atomic mass is 10.2. The first-order valence-corrected chi connectivity index (χ1v) is 8.21. The van der Waals surface area contributed by atoms with Gasteiger partial charge < -0.3 is 19.5 Å². The van der Waals surface area contributed by atoms with Crippen molar-refractivity contribution in [2.45, 2.75) is 13.5 Å². The second-order valence-corrected chi connectivity index (χ2v) is 5.51. The van der Waals surface area contributed by atoms with Crippen molar-refractivity contribution in [2.75, 3.05) is 18.5 Å². The van der Waals surface area contributed by atoms with Crippen molar-refractivity contribution in [3.8, 4) is 11.5 Å². The zero-order chi connectivity index (χ0) is 19.8. The van der Waals surface area contributed by atoms with Crippen molar-refractivity contribution in [1.29, 1.82) is 0 Å². The van der Waals surface area contributed by atoms with Crippen molar-refractivity contribution in [2.24, 2.45) is 0 Å². The van der Waals surface area contributed by atoms with Gasteiger partial charge in [-0.15, -0.1) is 0 Å². The Kier molecular flexibility index (Phi) is 7.36. The predicted molar refractivity (Wildman–Crippen MR) is 94.6 cm³/mol. The summed E-state index contributed by atoms with van der Waals surface area (Å²) in [6.45, 7) is -1.31. The number of carbonyl (C=O) groups excluding carboxylic acids is 2. The quantitative estimate of drug-likeness (QED) is 0.675. The second-order valence-electron chi connectivity index (χ2n) is 5.11. The molecule has 144 valence electrons. The smallest absolute Gasteiger partial charge is 0.387 e. The first-order chi connectivity index (χ1) is 12.9. The summed E-state index contributed by atoms with van der Waals surface area (Å²) in [6, 6.07) is 9.99. The molecular weight excluding hydrogens is 384 g/mol. The van der Waals surface area contributed by atoms with Crippen LogP contribution in [0.3, 0.4) is 0 Å². The van der Waals surface area contributed by atoms with Crippen LogP contribution in [0.4, 0.5) is 14.5 Å². The standard InChI is InChI=1S/C18H16ClF2NO5/c1-2-25-17(24)11-3-6-13(7-4-11)26-10-16(23)22-12-5-8-15(14(19)9-12)27-18(20)21/h3-9,18H,2,10H2,1H3,(H,22,23). The molecule has 0 fully saturated rings. The van der Waals surface area contributed by atoms with Gasteiger partial charge in [0, 0.05) is 5.69 Å². The highest BCUT2D eigenvalue weighted by Gasteiger charge is 2.11. The fourth-order valence-electron chi connectivity index (χ4n) is 2.02. The van der Waals surface area contributed by atoms with Gasteiger partial charge in [-0.1, -0.05) is 11.6 Å². The molecule has 9 heteroatoms. The SMILES string of the molecule is CCOC(=O)c1ccc(OCC(=O)Nc2ccc(OC(F)F)c(Cl)c2)cc1. The lowest BCUT2D eigenvalue weighted by Gasteiger charge is -2.10. The van der Waals surface area contributed by atoms with Crippen LogP contribution in [0.1, 0.15) is 17.3 Å². The van der Waals surface area contributed by atoms with E-state index in [4.69, 9.17) is 21.1 Å². The van der Waals surface area contributed by atoms with E-state index in [9.17, 15) is 18.4 Å². The number of ether oxygens (including phenoxy) is 3. The van der Waals surface area contributed by atoms with Crippen LogP contribution in [0, 0.1) is 0 Å². The third-order valence-corrected chi connectivity index (χ3v) is 3.46. The van der Waals surface area contributed by atoms with Crippen molar-refractivity contribution in [3.05, 3.63) is 53.1 Å². The largest absolute Gasteiger partial charge is 0.484 e. The van der Waals surface area contributed by atoms with E-state index in [1.54, 1.807) is 6.92 Å². The molecule has 0 radical (unpaired) electrons. The van der Waals surface area contributed by atoms with E-state index in [-0.39, 0.29) is 24.0 Å². The molecule has 2 aromatic rings. The predicted octanol–water partition coefficient (Wildman–Crippen LogP) is 4.14. The maximum absolute atomic E-state index is 12.2. The molecule has 0 aliphatic rings. The normalized spacial score (nSPS) is 10.4. The Labute approximate surface area is 159 Å². The van der Waals surface area contributed by atoms with Gasteiger partial charge in [0.05, 0.1) is 17.2 Å². The first-order valence-electron chi connectivity index (χ1n) is 7.83. The summed E-state index contributed by atoms with van der Waals surface area (Å²) in [7, 11) is 0. The molecule has 2 rings (SSSR count). The van der Waals surface area contributed by atoms with E-state index in [0.29, 0.717) is 17.0 Å². The van der Waals surface area contributed by atoms with Gasteiger partial charge in [0.1, 0.15) is 11.5 Å². The topological polar surface area (TPSA) is 73.9 Å². The first kappa shape index (κ1) is 20.4. The lowest BCUT2D eigenvalue weighted by molar-refractivity contribution is -0.118. The van der Waals surface area contributed by atoms with Crippen molar-refractivity contribution in [1.82, 2.24) is 0 Å². The van der Waals surface area contributed by atoms with Crippen LogP contribution < -0.4 is 14.8 Å². The minimum Gasteiger partial charge on any atom is -0.484 e. The summed E-state index contributed by atoms with van der Waals surface area (Å²) < 4.78 is 38.8. The molecule has 27 heavy (non-hydrogen) atoms. The van der Waals surface area contributed by atoms with Crippen LogP contribution in [0.5, 0.6) is 11.5 Å². The number of rotatable bonds is 8. The van der Waals surface area contributed by atoms with Gasteiger partial charge in [-0.2, -0.15) is 8.78 Å². The summed E-state index contributed by atoms with van der Waals surface area (Å²) in [6.07, 6.45) is 0. The third kappa shape index (κ3) is 6.41. The van der Waals surface area contributed by atoms with Crippen LogP contribution in [-0.4, -0.2) is 31.7 Å². The third-order valence-electron chi connectivity index (χ3n) is 3.17. The minimum atomic E-state index is -2.99. The summed E-state index contributed by atoms with van der Waals surface area (Å²) in [4.78, 5) is 23.5. The second kappa shape index (κ2) is 9.72. The molecule has 2 aromatic carbocycles. The van der Waals surface area contributed by atoms with Crippen LogP contribution in [-0.2, 0) is 9.53 Å². The van der Waals surface area contributed by atoms with Crippen molar-refractivity contribution >= 4 is 29.2 Å². The van der Waals surface area contributed by atoms with Gasteiger partial charge in [-0.25, -0.2) is 4.79 Å².